The molecule has 0 unspecified atom stereocenters. The third-order valence-corrected chi connectivity index (χ3v) is 3.79. The van der Waals surface area contributed by atoms with Gasteiger partial charge in [-0.05, 0) is 31.4 Å². The molecule has 7 heteroatoms. The van der Waals surface area contributed by atoms with Gasteiger partial charge in [-0.15, -0.1) is 0 Å². The molecule has 2 amide bonds. The Balaban J connectivity index is 1.79. The van der Waals surface area contributed by atoms with E-state index < -0.39 is 0 Å². The van der Waals surface area contributed by atoms with Crippen LogP contribution in [0, 0.1) is 0 Å². The lowest BCUT2D eigenvalue weighted by Crippen LogP contribution is -2.20. The SMILES string of the molecule is CNC(=O)c1ccc(C(=O)Nc2c3c(nn2C)CCC3)cn1. The first-order chi connectivity index (χ1) is 10.6. The quantitative estimate of drug-likeness (QED) is 0.882. The van der Waals surface area contributed by atoms with Gasteiger partial charge >= 0.3 is 0 Å². The van der Waals surface area contributed by atoms with Gasteiger partial charge in [-0.2, -0.15) is 5.10 Å². The first-order valence-electron chi connectivity index (χ1n) is 7.14. The first kappa shape index (κ1) is 14.2. The summed E-state index contributed by atoms with van der Waals surface area (Å²) in [5, 5.41) is 9.80. The summed E-state index contributed by atoms with van der Waals surface area (Å²) in [5.74, 6) is 0.206. The molecule has 1 aliphatic carbocycles. The molecular weight excluding hydrogens is 282 g/mol. The van der Waals surface area contributed by atoms with E-state index >= 15 is 0 Å². The molecule has 0 radical (unpaired) electrons. The van der Waals surface area contributed by atoms with Crippen LogP contribution >= 0.6 is 0 Å². The van der Waals surface area contributed by atoms with Gasteiger partial charge in [0.1, 0.15) is 11.5 Å². The number of nitrogens with zero attached hydrogens (tertiary/aromatic N) is 3. The Morgan fingerprint density at radius 1 is 1.23 bits per heavy atom. The summed E-state index contributed by atoms with van der Waals surface area (Å²) in [6.07, 6.45) is 4.37. The Bertz CT molecular complexity index is 733. The number of pyridine rings is 1. The van der Waals surface area contributed by atoms with Crippen LogP contribution in [0.2, 0.25) is 0 Å². The molecule has 0 aromatic carbocycles. The van der Waals surface area contributed by atoms with Crippen molar-refractivity contribution in [2.75, 3.05) is 12.4 Å². The molecular formula is C15H17N5O2. The van der Waals surface area contributed by atoms with Crippen molar-refractivity contribution in [2.45, 2.75) is 19.3 Å². The second kappa shape index (κ2) is 5.59. The summed E-state index contributed by atoms with van der Waals surface area (Å²) < 4.78 is 1.70. The maximum atomic E-state index is 12.3. The van der Waals surface area contributed by atoms with Gasteiger partial charge in [0.15, 0.2) is 0 Å². The molecule has 114 valence electrons. The Hall–Kier alpha value is -2.70. The van der Waals surface area contributed by atoms with Crippen LogP contribution in [0.25, 0.3) is 0 Å². The zero-order chi connectivity index (χ0) is 15.7. The molecule has 0 saturated carbocycles. The molecule has 1 aliphatic rings. The fourth-order valence-electron chi connectivity index (χ4n) is 2.65. The first-order valence-corrected chi connectivity index (χ1v) is 7.14. The molecule has 3 rings (SSSR count). The highest BCUT2D eigenvalue weighted by Crippen LogP contribution is 2.28. The Labute approximate surface area is 127 Å². The van der Waals surface area contributed by atoms with E-state index in [1.807, 2.05) is 7.05 Å². The van der Waals surface area contributed by atoms with E-state index in [1.165, 1.54) is 19.3 Å². The summed E-state index contributed by atoms with van der Waals surface area (Å²) in [6, 6.07) is 3.12. The zero-order valence-corrected chi connectivity index (χ0v) is 12.5. The largest absolute Gasteiger partial charge is 0.354 e. The minimum atomic E-state index is -0.281. The van der Waals surface area contributed by atoms with Gasteiger partial charge in [0.05, 0.1) is 11.3 Å². The number of nitrogens with one attached hydrogen (secondary N) is 2. The van der Waals surface area contributed by atoms with E-state index in [4.69, 9.17) is 0 Å². The van der Waals surface area contributed by atoms with E-state index in [0.29, 0.717) is 5.56 Å². The van der Waals surface area contributed by atoms with Crippen LogP contribution in [0.3, 0.4) is 0 Å². The van der Waals surface area contributed by atoms with E-state index in [0.717, 1.165) is 36.3 Å². The van der Waals surface area contributed by atoms with Crippen molar-refractivity contribution in [3.8, 4) is 0 Å². The normalized spacial score (nSPS) is 12.8. The van der Waals surface area contributed by atoms with Crippen LogP contribution in [0.4, 0.5) is 5.82 Å². The highest BCUT2D eigenvalue weighted by atomic mass is 16.2. The van der Waals surface area contributed by atoms with Gasteiger partial charge in [-0.3, -0.25) is 19.3 Å². The minimum Gasteiger partial charge on any atom is -0.354 e. The van der Waals surface area contributed by atoms with Crippen LogP contribution in [-0.4, -0.2) is 33.6 Å². The van der Waals surface area contributed by atoms with E-state index in [1.54, 1.807) is 10.7 Å². The number of anilines is 1. The highest BCUT2D eigenvalue weighted by molar-refractivity contribution is 6.04. The second-order valence-corrected chi connectivity index (χ2v) is 5.22. The third-order valence-electron chi connectivity index (χ3n) is 3.79. The molecule has 2 aromatic heterocycles. The molecule has 0 atom stereocenters. The number of amides is 2. The van der Waals surface area contributed by atoms with Crippen LogP contribution in [0.5, 0.6) is 0 Å². The van der Waals surface area contributed by atoms with Gasteiger partial charge < -0.3 is 10.6 Å². The van der Waals surface area contributed by atoms with Crippen molar-refractivity contribution >= 4 is 17.6 Å². The number of aromatic nitrogens is 3. The summed E-state index contributed by atoms with van der Waals surface area (Å²) >= 11 is 0. The monoisotopic (exact) mass is 299 g/mol. The molecule has 0 saturated heterocycles. The lowest BCUT2D eigenvalue weighted by atomic mass is 10.2. The fourth-order valence-corrected chi connectivity index (χ4v) is 2.65. The maximum Gasteiger partial charge on any atom is 0.269 e. The molecule has 0 fully saturated rings. The van der Waals surface area contributed by atoms with Gasteiger partial charge in [0.2, 0.25) is 0 Å². The summed E-state index contributed by atoms with van der Waals surface area (Å²) in [7, 11) is 3.36. The van der Waals surface area contributed by atoms with Crippen molar-refractivity contribution < 1.29 is 9.59 Å². The fraction of sp³-hybridized carbons (Fsp3) is 0.333. The molecule has 2 aromatic rings. The number of aryl methyl sites for hydroxylation is 2. The molecule has 7 nitrogen and oxygen atoms in total. The van der Waals surface area contributed by atoms with Crippen molar-refractivity contribution in [1.82, 2.24) is 20.1 Å². The number of carbonyl (C=O) groups is 2. The maximum absolute atomic E-state index is 12.3. The Morgan fingerprint density at radius 3 is 2.73 bits per heavy atom. The standard InChI is InChI=1S/C15H17N5O2/c1-16-15(22)12-7-6-9(8-17-12)14(21)18-13-10-4-3-5-11(10)19-20(13)2/h6-8H,3-5H2,1-2H3,(H,16,22)(H,18,21). The predicted octanol–water partition coefficient (Wildman–Crippen LogP) is 0.916. The van der Waals surface area contributed by atoms with Crippen LogP contribution in [0.1, 0.15) is 38.5 Å². The summed E-state index contributed by atoms with van der Waals surface area (Å²) in [4.78, 5) is 27.8. The number of fused-ring (bicyclic) bond motifs is 1. The molecule has 0 bridgehead atoms. The summed E-state index contributed by atoms with van der Waals surface area (Å²) in [5.41, 5.74) is 2.86. The van der Waals surface area contributed by atoms with E-state index in [-0.39, 0.29) is 17.5 Å². The molecule has 0 aliphatic heterocycles. The Morgan fingerprint density at radius 2 is 2.05 bits per heavy atom. The number of carbonyl (C=O) groups excluding carboxylic acids is 2. The average Bonchev–Trinajstić information content (AvgIpc) is 3.09. The van der Waals surface area contributed by atoms with Gasteiger partial charge in [-0.1, -0.05) is 0 Å². The smallest absolute Gasteiger partial charge is 0.269 e. The number of rotatable bonds is 3. The lowest BCUT2D eigenvalue weighted by molar-refractivity contribution is 0.0955. The van der Waals surface area contributed by atoms with Crippen LogP contribution in [0.15, 0.2) is 18.3 Å². The summed E-state index contributed by atoms with van der Waals surface area (Å²) in [6.45, 7) is 0. The topological polar surface area (TPSA) is 88.9 Å². The molecule has 2 heterocycles. The van der Waals surface area contributed by atoms with Crippen molar-refractivity contribution in [2.24, 2.45) is 7.05 Å². The third kappa shape index (κ3) is 2.45. The van der Waals surface area contributed by atoms with E-state index in [9.17, 15) is 9.59 Å². The van der Waals surface area contributed by atoms with Gasteiger partial charge in [-0.25, -0.2) is 0 Å². The molecule has 22 heavy (non-hydrogen) atoms. The lowest BCUT2D eigenvalue weighted by Gasteiger charge is -2.08. The molecule has 0 spiro atoms. The number of hydrogen-bond acceptors (Lipinski definition) is 4. The predicted molar refractivity (Wildman–Crippen MR) is 80.8 cm³/mol. The van der Waals surface area contributed by atoms with Crippen molar-refractivity contribution in [1.29, 1.82) is 0 Å². The van der Waals surface area contributed by atoms with Gasteiger partial charge in [0, 0.05) is 25.9 Å². The second-order valence-electron chi connectivity index (χ2n) is 5.22. The average molecular weight is 299 g/mol. The van der Waals surface area contributed by atoms with E-state index in [2.05, 4.69) is 20.7 Å². The van der Waals surface area contributed by atoms with Crippen molar-refractivity contribution in [3.63, 3.8) is 0 Å². The zero-order valence-electron chi connectivity index (χ0n) is 12.5. The van der Waals surface area contributed by atoms with Crippen molar-refractivity contribution in [3.05, 3.63) is 40.8 Å². The van der Waals surface area contributed by atoms with Gasteiger partial charge in [0.25, 0.3) is 11.8 Å². The van der Waals surface area contributed by atoms with Crippen LogP contribution in [-0.2, 0) is 19.9 Å². The highest BCUT2D eigenvalue weighted by Gasteiger charge is 2.22. The Kier molecular flexibility index (Phi) is 3.62. The minimum absolute atomic E-state index is 0.256. The van der Waals surface area contributed by atoms with Crippen LogP contribution < -0.4 is 10.6 Å². The number of hydrogen-bond donors (Lipinski definition) is 2. The molecule has 2 N–H and O–H groups in total.